The molecular formula is C31H27NO5. The van der Waals surface area contributed by atoms with Crippen LogP contribution in [0.25, 0.3) is 0 Å². The average molecular weight is 494 g/mol. The molecule has 1 heterocycles. The van der Waals surface area contributed by atoms with Crippen LogP contribution in [0.4, 0.5) is 5.69 Å². The number of Topliss-reactive ketones (excluding diaryl/α,β-unsaturated/α-hetero) is 1. The molecule has 6 nitrogen and oxygen atoms in total. The number of carbonyl (C=O) groups excluding carboxylic acids is 4. The van der Waals surface area contributed by atoms with Crippen LogP contribution in [0.5, 0.6) is 0 Å². The average Bonchev–Trinajstić information content (AvgIpc) is 3.60. The second-order valence-electron chi connectivity index (χ2n) is 10.3. The summed E-state index contributed by atoms with van der Waals surface area (Å²) < 4.78 is 5.38. The Kier molecular flexibility index (Phi) is 5.75. The number of hydrogen-bond acceptors (Lipinski definition) is 5. The van der Waals surface area contributed by atoms with Gasteiger partial charge in [0.05, 0.1) is 23.1 Å². The van der Waals surface area contributed by atoms with E-state index in [2.05, 4.69) is 12.1 Å². The van der Waals surface area contributed by atoms with Crippen LogP contribution in [-0.4, -0.2) is 29.7 Å². The van der Waals surface area contributed by atoms with Crippen molar-refractivity contribution in [3.63, 3.8) is 0 Å². The maximum absolute atomic E-state index is 13.5. The summed E-state index contributed by atoms with van der Waals surface area (Å²) in [4.78, 5) is 53.4. The lowest BCUT2D eigenvalue weighted by atomic mass is 9.73. The monoisotopic (exact) mass is 493 g/mol. The van der Waals surface area contributed by atoms with Crippen LogP contribution in [0.1, 0.15) is 52.0 Å². The molecule has 6 rings (SSSR count). The molecule has 1 saturated heterocycles. The van der Waals surface area contributed by atoms with Gasteiger partial charge in [0.15, 0.2) is 6.10 Å². The topological polar surface area (TPSA) is 80.8 Å². The van der Waals surface area contributed by atoms with Crippen LogP contribution in [0, 0.1) is 23.7 Å². The zero-order chi connectivity index (χ0) is 25.7. The number of rotatable bonds is 6. The third kappa shape index (κ3) is 3.88. The van der Waals surface area contributed by atoms with Gasteiger partial charge in [-0.3, -0.25) is 19.3 Å². The van der Waals surface area contributed by atoms with E-state index < -0.39 is 12.1 Å². The highest BCUT2D eigenvalue weighted by molar-refractivity contribution is 6.22. The van der Waals surface area contributed by atoms with Gasteiger partial charge in [0.2, 0.25) is 17.6 Å². The predicted octanol–water partition coefficient (Wildman–Crippen LogP) is 5.04. The quantitative estimate of drug-likeness (QED) is 0.273. The van der Waals surface area contributed by atoms with Crippen molar-refractivity contribution in [1.82, 2.24) is 0 Å². The van der Waals surface area contributed by atoms with Gasteiger partial charge in [-0.2, -0.15) is 0 Å². The molecule has 3 aromatic carbocycles. The second kappa shape index (κ2) is 9.11. The van der Waals surface area contributed by atoms with Gasteiger partial charge in [-0.25, -0.2) is 4.79 Å². The number of amides is 2. The molecule has 1 aliphatic heterocycles. The standard InChI is InChI=1S/C31H27NO5/c1-18(28(33)20-10-6-3-7-11-20)37-31(36)21-12-14-23(15-13-21)32-29(34)26-22-16-24(19-8-4-2-5-9-19)25(17-22)27(26)30(32)35/h2-15,18,22,24-27H,16-17H2,1H3/t18-,22+,24-,25+,26+,27-/m0/s1. The van der Waals surface area contributed by atoms with Crippen molar-refractivity contribution in [2.75, 3.05) is 4.90 Å². The van der Waals surface area contributed by atoms with E-state index in [9.17, 15) is 19.2 Å². The molecule has 2 bridgehead atoms. The Balaban J connectivity index is 1.16. The smallest absolute Gasteiger partial charge is 0.338 e. The minimum atomic E-state index is -0.941. The Bertz CT molecular complexity index is 1370. The molecule has 6 atom stereocenters. The zero-order valence-electron chi connectivity index (χ0n) is 20.4. The van der Waals surface area contributed by atoms with Gasteiger partial charge < -0.3 is 4.74 Å². The number of anilines is 1. The molecule has 2 saturated carbocycles. The number of benzene rings is 3. The number of nitrogens with zero attached hydrogens (tertiary/aromatic N) is 1. The number of ketones is 1. The van der Waals surface area contributed by atoms with E-state index in [1.165, 1.54) is 22.6 Å². The lowest BCUT2D eigenvalue weighted by molar-refractivity contribution is -0.123. The summed E-state index contributed by atoms with van der Waals surface area (Å²) in [5.41, 5.74) is 2.43. The number of imide groups is 1. The Hall–Kier alpha value is -4.06. The number of ether oxygens (including phenoxy) is 1. The normalized spacial score (nSPS) is 26.7. The minimum Gasteiger partial charge on any atom is -0.451 e. The van der Waals surface area contributed by atoms with E-state index in [0.29, 0.717) is 17.2 Å². The summed E-state index contributed by atoms with van der Waals surface area (Å²) in [6, 6.07) is 25.2. The molecule has 3 aromatic rings. The molecule has 3 aliphatic rings. The summed E-state index contributed by atoms with van der Waals surface area (Å²) in [6.45, 7) is 1.54. The molecule has 0 spiro atoms. The van der Waals surface area contributed by atoms with Gasteiger partial charge in [-0.15, -0.1) is 0 Å². The van der Waals surface area contributed by atoms with Crippen molar-refractivity contribution in [2.24, 2.45) is 23.7 Å². The molecule has 0 radical (unpaired) electrons. The minimum absolute atomic E-state index is 0.133. The maximum Gasteiger partial charge on any atom is 0.338 e. The van der Waals surface area contributed by atoms with E-state index in [-0.39, 0.29) is 46.8 Å². The van der Waals surface area contributed by atoms with E-state index in [4.69, 9.17) is 4.74 Å². The molecular weight excluding hydrogens is 466 g/mol. The van der Waals surface area contributed by atoms with Crippen molar-refractivity contribution in [1.29, 1.82) is 0 Å². The van der Waals surface area contributed by atoms with Crippen LogP contribution in [-0.2, 0) is 14.3 Å². The van der Waals surface area contributed by atoms with Gasteiger partial charge in [0.25, 0.3) is 0 Å². The first-order valence-electron chi connectivity index (χ1n) is 12.8. The summed E-state index contributed by atoms with van der Waals surface area (Å²) in [5.74, 6) is -1.03. The van der Waals surface area contributed by atoms with E-state index >= 15 is 0 Å². The van der Waals surface area contributed by atoms with Crippen molar-refractivity contribution in [3.05, 3.63) is 102 Å². The lowest BCUT2D eigenvalue weighted by Gasteiger charge is -2.28. The summed E-state index contributed by atoms with van der Waals surface area (Å²) in [6.07, 6.45) is 0.918. The molecule has 3 fully saturated rings. The third-order valence-electron chi connectivity index (χ3n) is 8.32. The lowest BCUT2D eigenvalue weighted by Crippen LogP contribution is -2.33. The predicted molar refractivity (Wildman–Crippen MR) is 137 cm³/mol. The molecule has 2 amide bonds. The van der Waals surface area contributed by atoms with Crippen LogP contribution in [0.15, 0.2) is 84.9 Å². The Morgan fingerprint density at radius 1 is 0.784 bits per heavy atom. The Labute approximate surface area is 215 Å². The highest BCUT2D eigenvalue weighted by Gasteiger charge is 2.64. The van der Waals surface area contributed by atoms with E-state index in [1.54, 1.807) is 43.3 Å². The fourth-order valence-electron chi connectivity index (χ4n) is 6.66. The van der Waals surface area contributed by atoms with Gasteiger partial charge in [-0.1, -0.05) is 60.7 Å². The summed E-state index contributed by atoms with van der Waals surface area (Å²) in [7, 11) is 0. The van der Waals surface area contributed by atoms with Crippen molar-refractivity contribution < 1.29 is 23.9 Å². The highest BCUT2D eigenvalue weighted by atomic mass is 16.5. The van der Waals surface area contributed by atoms with Crippen LogP contribution in [0.2, 0.25) is 0 Å². The van der Waals surface area contributed by atoms with Crippen molar-refractivity contribution in [2.45, 2.75) is 31.8 Å². The second-order valence-corrected chi connectivity index (χ2v) is 10.3. The number of carbonyl (C=O) groups is 4. The van der Waals surface area contributed by atoms with E-state index in [1.807, 2.05) is 24.3 Å². The van der Waals surface area contributed by atoms with Gasteiger partial charge in [0, 0.05) is 5.56 Å². The first kappa shape index (κ1) is 23.3. The first-order valence-corrected chi connectivity index (χ1v) is 12.8. The fourth-order valence-corrected chi connectivity index (χ4v) is 6.66. The maximum atomic E-state index is 13.5. The Morgan fingerprint density at radius 3 is 2.08 bits per heavy atom. The number of hydrogen-bond donors (Lipinski definition) is 0. The van der Waals surface area contributed by atoms with Gasteiger partial charge in [-0.05, 0) is 67.3 Å². The van der Waals surface area contributed by atoms with E-state index in [0.717, 1.165) is 12.8 Å². The fraction of sp³-hybridized carbons (Fsp3) is 0.290. The molecule has 37 heavy (non-hydrogen) atoms. The van der Waals surface area contributed by atoms with Crippen molar-refractivity contribution >= 4 is 29.3 Å². The molecule has 0 unspecified atom stereocenters. The zero-order valence-corrected chi connectivity index (χ0v) is 20.4. The number of fused-ring (bicyclic) bond motifs is 5. The van der Waals surface area contributed by atoms with Gasteiger partial charge >= 0.3 is 5.97 Å². The molecule has 6 heteroatoms. The molecule has 0 N–H and O–H groups in total. The molecule has 2 aliphatic carbocycles. The molecule has 186 valence electrons. The van der Waals surface area contributed by atoms with Crippen LogP contribution in [0.3, 0.4) is 0 Å². The first-order chi connectivity index (χ1) is 17.9. The highest BCUT2D eigenvalue weighted by Crippen LogP contribution is 2.61. The SMILES string of the molecule is C[C@H](OC(=O)c1ccc(N2C(=O)[C@@H]3[C@H]4C[C@@H]([C@@H]3C2=O)[C@H](c2ccccc2)C4)cc1)C(=O)c1ccccc1. The van der Waals surface area contributed by atoms with Gasteiger partial charge in [0.1, 0.15) is 0 Å². The molecule has 0 aromatic heterocycles. The van der Waals surface area contributed by atoms with Crippen LogP contribution >= 0.6 is 0 Å². The summed E-state index contributed by atoms with van der Waals surface area (Å²) in [5, 5.41) is 0. The van der Waals surface area contributed by atoms with Crippen LogP contribution < -0.4 is 4.90 Å². The summed E-state index contributed by atoms with van der Waals surface area (Å²) >= 11 is 0. The Morgan fingerprint density at radius 2 is 1.41 bits per heavy atom. The van der Waals surface area contributed by atoms with Crippen molar-refractivity contribution in [3.8, 4) is 0 Å². The number of esters is 1. The third-order valence-corrected chi connectivity index (χ3v) is 8.32. The largest absolute Gasteiger partial charge is 0.451 e.